The predicted molar refractivity (Wildman–Crippen MR) is 39.0 cm³/mol. The van der Waals surface area contributed by atoms with Gasteiger partial charge in [0, 0.05) is 6.54 Å². The highest BCUT2D eigenvalue weighted by Crippen LogP contribution is 2.03. The number of aromatic nitrogens is 3. The summed E-state index contributed by atoms with van der Waals surface area (Å²) in [6.07, 6.45) is 1.68. The van der Waals surface area contributed by atoms with Crippen molar-refractivity contribution in [2.45, 2.75) is 6.54 Å². The lowest BCUT2D eigenvalue weighted by atomic mass is 10.6. The standard InChI is InChI=1S/C5H9N5/c1-2-3-10-4(6)8-9-5(10)7/h2H,1,3H2,(H2,6,8)(H2,7,9). The van der Waals surface area contributed by atoms with Crippen LogP contribution in [0.15, 0.2) is 12.7 Å². The maximum atomic E-state index is 5.39. The molecule has 1 aromatic heterocycles. The Labute approximate surface area is 58.3 Å². The molecule has 5 nitrogen and oxygen atoms in total. The van der Waals surface area contributed by atoms with Crippen molar-refractivity contribution in [3.8, 4) is 0 Å². The Balaban J connectivity index is 2.97. The molecule has 0 saturated carbocycles. The molecule has 0 bridgehead atoms. The van der Waals surface area contributed by atoms with Crippen LogP contribution in [0.25, 0.3) is 0 Å². The highest BCUT2D eigenvalue weighted by atomic mass is 15.4. The van der Waals surface area contributed by atoms with Gasteiger partial charge in [-0.15, -0.1) is 16.8 Å². The van der Waals surface area contributed by atoms with Gasteiger partial charge in [-0.1, -0.05) is 6.08 Å². The van der Waals surface area contributed by atoms with Gasteiger partial charge >= 0.3 is 0 Å². The molecule has 0 spiro atoms. The minimum absolute atomic E-state index is 0.317. The highest BCUT2D eigenvalue weighted by molar-refractivity contribution is 5.28. The minimum atomic E-state index is 0.317. The molecule has 0 amide bonds. The second-order valence-corrected chi connectivity index (χ2v) is 1.82. The van der Waals surface area contributed by atoms with Crippen molar-refractivity contribution in [2.24, 2.45) is 0 Å². The zero-order chi connectivity index (χ0) is 7.56. The molecule has 0 saturated heterocycles. The zero-order valence-electron chi connectivity index (χ0n) is 5.49. The molecule has 0 aliphatic carbocycles. The summed E-state index contributed by atoms with van der Waals surface area (Å²) in [4.78, 5) is 0. The van der Waals surface area contributed by atoms with Crippen LogP contribution in [0.2, 0.25) is 0 Å². The quantitative estimate of drug-likeness (QED) is 0.547. The molecule has 54 valence electrons. The summed E-state index contributed by atoms with van der Waals surface area (Å²) >= 11 is 0. The summed E-state index contributed by atoms with van der Waals surface area (Å²) in [6, 6.07) is 0. The Kier molecular flexibility index (Phi) is 1.57. The molecule has 0 radical (unpaired) electrons. The van der Waals surface area contributed by atoms with Crippen molar-refractivity contribution < 1.29 is 0 Å². The molecule has 10 heavy (non-hydrogen) atoms. The molecule has 1 heterocycles. The first-order valence-corrected chi connectivity index (χ1v) is 2.80. The summed E-state index contributed by atoms with van der Waals surface area (Å²) in [5.74, 6) is 0.634. The molecule has 0 aliphatic rings. The Bertz CT molecular complexity index is 219. The fourth-order valence-corrected chi connectivity index (χ4v) is 0.644. The number of nitrogen functional groups attached to an aromatic ring is 2. The number of nitrogens with two attached hydrogens (primary N) is 2. The van der Waals surface area contributed by atoms with E-state index < -0.39 is 0 Å². The molecular formula is C5H9N5. The van der Waals surface area contributed by atoms with Crippen LogP contribution in [0.1, 0.15) is 0 Å². The number of allylic oxidation sites excluding steroid dienone is 1. The minimum Gasteiger partial charge on any atom is -0.368 e. The number of nitrogens with zero attached hydrogens (tertiary/aromatic N) is 3. The second-order valence-electron chi connectivity index (χ2n) is 1.82. The third kappa shape index (κ3) is 0.928. The van der Waals surface area contributed by atoms with E-state index in [1.807, 2.05) is 0 Å². The average Bonchev–Trinajstić information content (AvgIpc) is 2.20. The van der Waals surface area contributed by atoms with E-state index in [4.69, 9.17) is 11.5 Å². The average molecular weight is 139 g/mol. The molecule has 4 N–H and O–H groups in total. The Morgan fingerprint density at radius 1 is 1.40 bits per heavy atom. The molecule has 0 fully saturated rings. The fourth-order valence-electron chi connectivity index (χ4n) is 0.644. The van der Waals surface area contributed by atoms with Gasteiger partial charge in [-0.05, 0) is 0 Å². The first-order valence-electron chi connectivity index (χ1n) is 2.80. The molecule has 5 heteroatoms. The smallest absolute Gasteiger partial charge is 0.223 e. The van der Waals surface area contributed by atoms with E-state index in [0.717, 1.165) is 0 Å². The monoisotopic (exact) mass is 139 g/mol. The lowest BCUT2D eigenvalue weighted by Crippen LogP contribution is -2.05. The normalized spacial score (nSPS) is 9.60. The van der Waals surface area contributed by atoms with Gasteiger partial charge in [0.15, 0.2) is 0 Å². The van der Waals surface area contributed by atoms with Crippen LogP contribution in [0.4, 0.5) is 11.9 Å². The Hall–Kier alpha value is -1.52. The Morgan fingerprint density at radius 2 is 1.90 bits per heavy atom. The third-order valence-corrected chi connectivity index (χ3v) is 1.12. The number of hydrogen-bond donors (Lipinski definition) is 2. The van der Waals surface area contributed by atoms with E-state index in [1.165, 1.54) is 0 Å². The van der Waals surface area contributed by atoms with Crippen LogP contribution in [-0.4, -0.2) is 14.8 Å². The van der Waals surface area contributed by atoms with E-state index in [0.29, 0.717) is 18.4 Å². The van der Waals surface area contributed by atoms with E-state index in [9.17, 15) is 0 Å². The molecular weight excluding hydrogens is 130 g/mol. The van der Waals surface area contributed by atoms with Gasteiger partial charge < -0.3 is 11.5 Å². The number of hydrogen-bond acceptors (Lipinski definition) is 4. The summed E-state index contributed by atoms with van der Waals surface area (Å²) in [5.41, 5.74) is 10.8. The number of anilines is 2. The van der Waals surface area contributed by atoms with Gasteiger partial charge in [0.1, 0.15) is 0 Å². The van der Waals surface area contributed by atoms with E-state index >= 15 is 0 Å². The summed E-state index contributed by atoms with van der Waals surface area (Å²) in [7, 11) is 0. The van der Waals surface area contributed by atoms with Crippen molar-refractivity contribution in [3.05, 3.63) is 12.7 Å². The second kappa shape index (κ2) is 2.38. The molecule has 1 aromatic rings. The summed E-state index contributed by atoms with van der Waals surface area (Å²) < 4.78 is 1.56. The fraction of sp³-hybridized carbons (Fsp3) is 0.200. The van der Waals surface area contributed by atoms with Crippen molar-refractivity contribution in [1.29, 1.82) is 0 Å². The maximum Gasteiger partial charge on any atom is 0.223 e. The van der Waals surface area contributed by atoms with Gasteiger partial charge in [-0.25, -0.2) is 0 Å². The van der Waals surface area contributed by atoms with Gasteiger partial charge in [0.2, 0.25) is 11.9 Å². The van der Waals surface area contributed by atoms with E-state index in [2.05, 4.69) is 16.8 Å². The van der Waals surface area contributed by atoms with Crippen molar-refractivity contribution in [3.63, 3.8) is 0 Å². The molecule has 0 unspecified atom stereocenters. The van der Waals surface area contributed by atoms with Crippen LogP contribution in [0.5, 0.6) is 0 Å². The van der Waals surface area contributed by atoms with Crippen LogP contribution in [-0.2, 0) is 6.54 Å². The summed E-state index contributed by atoms with van der Waals surface area (Å²) in [5, 5.41) is 7.11. The lowest BCUT2D eigenvalue weighted by Gasteiger charge is -1.98. The third-order valence-electron chi connectivity index (χ3n) is 1.12. The topological polar surface area (TPSA) is 82.8 Å². The van der Waals surface area contributed by atoms with E-state index in [1.54, 1.807) is 10.6 Å². The maximum absolute atomic E-state index is 5.39. The largest absolute Gasteiger partial charge is 0.368 e. The van der Waals surface area contributed by atoms with Gasteiger partial charge in [0.05, 0.1) is 0 Å². The van der Waals surface area contributed by atoms with Crippen molar-refractivity contribution in [2.75, 3.05) is 11.5 Å². The van der Waals surface area contributed by atoms with E-state index in [-0.39, 0.29) is 0 Å². The van der Waals surface area contributed by atoms with Crippen molar-refractivity contribution in [1.82, 2.24) is 14.8 Å². The van der Waals surface area contributed by atoms with Crippen molar-refractivity contribution >= 4 is 11.9 Å². The van der Waals surface area contributed by atoms with Gasteiger partial charge in [-0.3, -0.25) is 4.57 Å². The van der Waals surface area contributed by atoms with Crippen LogP contribution >= 0.6 is 0 Å². The predicted octanol–water partition coefficient (Wildman–Crippen LogP) is -0.372. The summed E-state index contributed by atoms with van der Waals surface area (Å²) in [6.45, 7) is 4.08. The first-order chi connectivity index (χ1) is 4.75. The first kappa shape index (κ1) is 6.60. The van der Waals surface area contributed by atoms with Gasteiger partial charge in [0.25, 0.3) is 0 Å². The number of rotatable bonds is 2. The molecule has 0 aliphatic heterocycles. The van der Waals surface area contributed by atoms with Crippen LogP contribution in [0.3, 0.4) is 0 Å². The molecule has 0 atom stereocenters. The van der Waals surface area contributed by atoms with Crippen LogP contribution in [0, 0.1) is 0 Å². The SMILES string of the molecule is C=CCn1c(N)nnc1N. The highest BCUT2D eigenvalue weighted by Gasteiger charge is 2.01. The van der Waals surface area contributed by atoms with Crippen LogP contribution < -0.4 is 11.5 Å². The van der Waals surface area contributed by atoms with Gasteiger partial charge in [-0.2, -0.15) is 0 Å². The lowest BCUT2D eigenvalue weighted by molar-refractivity contribution is 0.845. The zero-order valence-corrected chi connectivity index (χ0v) is 5.49. The molecule has 0 aromatic carbocycles. The Morgan fingerprint density at radius 3 is 2.30 bits per heavy atom. The molecule has 1 rings (SSSR count).